The normalized spacial score (nSPS) is 29.8. The lowest BCUT2D eigenvalue weighted by atomic mass is 9.92. The van der Waals surface area contributed by atoms with E-state index in [4.69, 9.17) is 0 Å². The average Bonchev–Trinajstić information content (AvgIpc) is 1.77. The third-order valence-corrected chi connectivity index (χ3v) is 1.90. The first-order valence-corrected chi connectivity index (χ1v) is 3.44. The van der Waals surface area contributed by atoms with Gasteiger partial charge in [0.1, 0.15) is 0 Å². The van der Waals surface area contributed by atoms with E-state index in [2.05, 4.69) is 19.9 Å². The van der Waals surface area contributed by atoms with Gasteiger partial charge < -0.3 is 0 Å². The maximum Gasteiger partial charge on any atom is -0.0320 e. The second-order valence-corrected chi connectivity index (χ2v) is 2.93. The summed E-state index contributed by atoms with van der Waals surface area (Å²) >= 11 is 0. The largest absolute Gasteiger partial charge is 0.0853 e. The first kappa shape index (κ1) is 5.87. The molecule has 0 radical (unpaired) electrons. The minimum atomic E-state index is 0.943. The lowest BCUT2D eigenvalue weighted by Gasteiger charge is -2.14. The summed E-state index contributed by atoms with van der Waals surface area (Å²) in [6.07, 6.45) is 6.42. The summed E-state index contributed by atoms with van der Waals surface area (Å²) in [7, 11) is 0. The Balaban J connectivity index is 2.42. The molecule has 1 aliphatic carbocycles. The lowest BCUT2D eigenvalue weighted by Crippen LogP contribution is -1.98. The minimum absolute atomic E-state index is 0.943. The molecule has 0 bridgehead atoms. The van der Waals surface area contributed by atoms with Gasteiger partial charge in [-0.15, -0.1) is 0 Å². The van der Waals surface area contributed by atoms with Gasteiger partial charge >= 0.3 is 0 Å². The number of hydrogen-bond donors (Lipinski definition) is 0. The molecule has 0 aromatic rings. The van der Waals surface area contributed by atoms with Gasteiger partial charge in [0.25, 0.3) is 0 Å². The summed E-state index contributed by atoms with van der Waals surface area (Å²) in [5.74, 6) is 0.943. The molecule has 46 valence electrons. The minimum Gasteiger partial charge on any atom is -0.0853 e. The molecule has 0 amide bonds. The van der Waals surface area contributed by atoms with Crippen molar-refractivity contribution in [2.75, 3.05) is 0 Å². The van der Waals surface area contributed by atoms with Crippen molar-refractivity contribution in [3.63, 3.8) is 0 Å². The highest BCUT2D eigenvalue weighted by Crippen LogP contribution is 2.21. The third kappa shape index (κ3) is 1.36. The Kier molecular flexibility index (Phi) is 1.72. The van der Waals surface area contributed by atoms with E-state index in [9.17, 15) is 0 Å². The summed E-state index contributed by atoms with van der Waals surface area (Å²) in [6, 6.07) is 0. The van der Waals surface area contributed by atoms with Crippen molar-refractivity contribution in [2.24, 2.45) is 5.92 Å². The molecule has 1 aliphatic rings. The Morgan fingerprint density at radius 3 is 2.75 bits per heavy atom. The summed E-state index contributed by atoms with van der Waals surface area (Å²) in [5, 5.41) is 0. The fraction of sp³-hybridized carbons (Fsp3) is 0.750. The molecule has 1 unspecified atom stereocenters. The highest BCUT2D eigenvalue weighted by Gasteiger charge is 2.05. The number of hydrogen-bond acceptors (Lipinski definition) is 0. The zero-order valence-electron chi connectivity index (χ0n) is 5.78. The molecule has 0 nitrogen and oxygen atoms in total. The smallest absolute Gasteiger partial charge is 0.0320 e. The predicted molar refractivity (Wildman–Crippen MR) is 36.8 cm³/mol. The Labute approximate surface area is 51.6 Å². The quantitative estimate of drug-likeness (QED) is 0.420. The Hall–Kier alpha value is -0.260. The molecule has 0 saturated carbocycles. The fourth-order valence-corrected chi connectivity index (χ4v) is 1.10. The maximum atomic E-state index is 2.37. The first-order valence-electron chi connectivity index (χ1n) is 3.44. The van der Waals surface area contributed by atoms with Crippen LogP contribution in [0.4, 0.5) is 0 Å². The average molecular weight is 110 g/mol. The van der Waals surface area contributed by atoms with E-state index in [1.165, 1.54) is 19.3 Å². The van der Waals surface area contributed by atoms with Crippen LogP contribution in [0.3, 0.4) is 0 Å². The van der Waals surface area contributed by atoms with E-state index in [1.807, 2.05) is 0 Å². The van der Waals surface area contributed by atoms with Gasteiger partial charge in [-0.2, -0.15) is 0 Å². The van der Waals surface area contributed by atoms with Crippen molar-refractivity contribution >= 4 is 0 Å². The van der Waals surface area contributed by atoms with Gasteiger partial charge in [0.05, 0.1) is 0 Å². The molecule has 0 heterocycles. The van der Waals surface area contributed by atoms with E-state index >= 15 is 0 Å². The monoisotopic (exact) mass is 110 g/mol. The van der Waals surface area contributed by atoms with E-state index in [0.717, 1.165) is 5.92 Å². The second kappa shape index (κ2) is 2.34. The van der Waals surface area contributed by atoms with Gasteiger partial charge in [-0.25, -0.2) is 0 Å². The predicted octanol–water partition coefficient (Wildman–Crippen LogP) is 2.75. The van der Waals surface area contributed by atoms with Crippen LogP contribution in [0.25, 0.3) is 0 Å². The molecule has 1 rings (SSSR count). The van der Waals surface area contributed by atoms with E-state index < -0.39 is 0 Å². The molecule has 0 aliphatic heterocycles. The van der Waals surface area contributed by atoms with Crippen LogP contribution in [-0.2, 0) is 0 Å². The molecule has 0 aromatic carbocycles. The molecule has 1 atom stereocenters. The van der Waals surface area contributed by atoms with Gasteiger partial charge in [0.2, 0.25) is 0 Å². The highest BCUT2D eigenvalue weighted by molar-refractivity contribution is 5.01. The molecule has 0 spiro atoms. The van der Waals surface area contributed by atoms with Crippen molar-refractivity contribution in [1.29, 1.82) is 0 Å². The van der Waals surface area contributed by atoms with Crippen LogP contribution in [0.15, 0.2) is 11.6 Å². The molecular formula is C8H14. The van der Waals surface area contributed by atoms with Crippen LogP contribution in [-0.4, -0.2) is 0 Å². The van der Waals surface area contributed by atoms with Crippen LogP contribution in [0.1, 0.15) is 33.1 Å². The molecule has 0 heteroatoms. The van der Waals surface area contributed by atoms with E-state index in [0.29, 0.717) is 0 Å². The zero-order valence-corrected chi connectivity index (χ0v) is 5.78. The van der Waals surface area contributed by atoms with Gasteiger partial charge in [0.15, 0.2) is 0 Å². The lowest BCUT2D eigenvalue weighted by molar-refractivity contribution is 0.514. The summed E-state index contributed by atoms with van der Waals surface area (Å²) in [4.78, 5) is 0. The van der Waals surface area contributed by atoms with E-state index in [-0.39, 0.29) is 0 Å². The van der Waals surface area contributed by atoms with Crippen LogP contribution in [0.5, 0.6) is 0 Å². The van der Waals surface area contributed by atoms with Gasteiger partial charge in [-0.3, -0.25) is 0 Å². The van der Waals surface area contributed by atoms with Gasteiger partial charge in [0, 0.05) is 0 Å². The Morgan fingerprint density at radius 1 is 1.62 bits per heavy atom. The molecular weight excluding hydrogens is 96.1 g/mol. The van der Waals surface area contributed by atoms with Crippen molar-refractivity contribution < 1.29 is 0 Å². The van der Waals surface area contributed by atoms with Crippen LogP contribution < -0.4 is 0 Å². The van der Waals surface area contributed by atoms with Crippen molar-refractivity contribution in [2.45, 2.75) is 33.1 Å². The molecule has 0 fully saturated rings. The zero-order chi connectivity index (χ0) is 5.98. The van der Waals surface area contributed by atoms with Crippen molar-refractivity contribution in [3.8, 4) is 0 Å². The molecule has 8 heavy (non-hydrogen) atoms. The summed E-state index contributed by atoms with van der Waals surface area (Å²) in [6.45, 7) is 4.55. The topological polar surface area (TPSA) is 0 Å². The number of allylic oxidation sites excluding steroid dienone is 2. The maximum absolute atomic E-state index is 2.37. The first-order chi connectivity index (χ1) is 3.79. The van der Waals surface area contributed by atoms with E-state index in [1.54, 1.807) is 5.57 Å². The van der Waals surface area contributed by atoms with Crippen molar-refractivity contribution in [1.82, 2.24) is 0 Å². The van der Waals surface area contributed by atoms with Crippen LogP contribution in [0, 0.1) is 5.92 Å². The SMILES string of the molecule is CC1=CCC(C)CC1. The molecule has 0 aromatic heterocycles. The van der Waals surface area contributed by atoms with Crippen LogP contribution >= 0.6 is 0 Å². The van der Waals surface area contributed by atoms with Crippen LogP contribution in [0.2, 0.25) is 0 Å². The standard InChI is InChI=1S/C8H14/c1-7-3-5-8(2)6-4-7/h3,8H,4-6H2,1-2H3. The Morgan fingerprint density at radius 2 is 2.38 bits per heavy atom. The second-order valence-electron chi connectivity index (χ2n) is 2.93. The van der Waals surface area contributed by atoms with Gasteiger partial charge in [-0.05, 0) is 32.1 Å². The Bertz CT molecular complexity index is 101. The highest BCUT2D eigenvalue weighted by atomic mass is 14.1. The van der Waals surface area contributed by atoms with Gasteiger partial charge in [-0.1, -0.05) is 18.6 Å². The third-order valence-electron chi connectivity index (χ3n) is 1.90. The summed E-state index contributed by atoms with van der Waals surface area (Å²) < 4.78 is 0. The summed E-state index contributed by atoms with van der Waals surface area (Å²) in [5.41, 5.74) is 1.59. The molecule has 0 N–H and O–H groups in total. The van der Waals surface area contributed by atoms with Crippen molar-refractivity contribution in [3.05, 3.63) is 11.6 Å². The fourth-order valence-electron chi connectivity index (χ4n) is 1.10. The molecule has 0 saturated heterocycles. The number of rotatable bonds is 0.